The summed E-state index contributed by atoms with van der Waals surface area (Å²) < 4.78 is 0. The third kappa shape index (κ3) is 5.72. The van der Waals surface area contributed by atoms with E-state index in [9.17, 15) is 4.79 Å². The molecule has 0 saturated heterocycles. The van der Waals surface area contributed by atoms with E-state index in [0.717, 1.165) is 36.3 Å². The van der Waals surface area contributed by atoms with Crippen molar-refractivity contribution in [2.45, 2.75) is 55.6 Å². The molecule has 1 N–H and O–H groups in total. The van der Waals surface area contributed by atoms with Crippen molar-refractivity contribution in [2.24, 2.45) is 11.0 Å². The van der Waals surface area contributed by atoms with Gasteiger partial charge in [-0.05, 0) is 44.7 Å². The monoisotopic (exact) mass is 329 g/mol. The Morgan fingerprint density at radius 1 is 1.43 bits per heavy atom. The summed E-state index contributed by atoms with van der Waals surface area (Å²) in [6.07, 6.45) is 5.70. The second-order valence-electron chi connectivity index (χ2n) is 5.79. The summed E-state index contributed by atoms with van der Waals surface area (Å²) in [5.41, 5.74) is 3.78. The van der Waals surface area contributed by atoms with Crippen LogP contribution in [0.4, 0.5) is 0 Å². The summed E-state index contributed by atoms with van der Waals surface area (Å²) in [6.45, 7) is 1.89. The van der Waals surface area contributed by atoms with Gasteiger partial charge in [0.2, 0.25) is 0 Å². The number of hydrogen-bond donors (Lipinski definition) is 1. The van der Waals surface area contributed by atoms with Gasteiger partial charge in [0.15, 0.2) is 0 Å². The van der Waals surface area contributed by atoms with E-state index in [-0.39, 0.29) is 11.2 Å². The van der Waals surface area contributed by atoms with Crippen molar-refractivity contribution >= 4 is 23.4 Å². The molecule has 1 aromatic carbocycles. The van der Waals surface area contributed by atoms with Crippen molar-refractivity contribution in [3.8, 4) is 6.07 Å². The fraction of sp³-hybridized carbons (Fsp3) is 0.500. The number of thioether (sulfide) groups is 1. The molecule has 122 valence electrons. The highest BCUT2D eigenvalue weighted by Crippen LogP contribution is 2.26. The maximum Gasteiger partial charge on any atom is 0.253 e. The quantitative estimate of drug-likeness (QED) is 0.630. The topological polar surface area (TPSA) is 65.2 Å². The van der Waals surface area contributed by atoms with Crippen LogP contribution < -0.4 is 5.43 Å². The molecule has 0 aliphatic heterocycles. The molecule has 0 spiro atoms. The minimum Gasteiger partial charge on any atom is -0.272 e. The number of benzene rings is 1. The zero-order valence-electron chi connectivity index (χ0n) is 13.5. The van der Waals surface area contributed by atoms with E-state index in [4.69, 9.17) is 5.26 Å². The van der Waals surface area contributed by atoms with E-state index in [0.29, 0.717) is 12.3 Å². The van der Waals surface area contributed by atoms with E-state index in [2.05, 4.69) is 16.6 Å². The van der Waals surface area contributed by atoms with E-state index >= 15 is 0 Å². The first-order valence-corrected chi connectivity index (χ1v) is 9.03. The smallest absolute Gasteiger partial charge is 0.253 e. The van der Waals surface area contributed by atoms with Crippen molar-refractivity contribution in [2.75, 3.05) is 0 Å². The normalized spacial score (nSPS) is 20.7. The van der Waals surface area contributed by atoms with Gasteiger partial charge in [0.1, 0.15) is 0 Å². The molecule has 0 radical (unpaired) electrons. The fourth-order valence-electron chi connectivity index (χ4n) is 2.74. The van der Waals surface area contributed by atoms with Crippen LogP contribution in [0.5, 0.6) is 0 Å². The number of hydrogen-bond acceptors (Lipinski definition) is 4. The zero-order chi connectivity index (χ0) is 16.5. The van der Waals surface area contributed by atoms with Gasteiger partial charge < -0.3 is 0 Å². The van der Waals surface area contributed by atoms with E-state index in [1.807, 2.05) is 37.3 Å². The predicted octanol–water partition coefficient (Wildman–Crippen LogP) is 4.13. The van der Waals surface area contributed by atoms with Crippen LogP contribution in [0.1, 0.15) is 45.4 Å². The molecule has 1 saturated carbocycles. The largest absolute Gasteiger partial charge is 0.272 e. The highest BCUT2D eigenvalue weighted by Gasteiger charge is 2.21. The molecule has 1 aromatic rings. The van der Waals surface area contributed by atoms with E-state index < -0.39 is 0 Å². The van der Waals surface area contributed by atoms with Crippen LogP contribution in [0.3, 0.4) is 0 Å². The molecule has 4 nitrogen and oxygen atoms in total. The number of amides is 1. The molecule has 1 amide bonds. The third-order valence-electron chi connectivity index (χ3n) is 4.05. The molecule has 0 aromatic heterocycles. The number of hydrazone groups is 1. The number of rotatable bonds is 6. The van der Waals surface area contributed by atoms with Crippen LogP contribution in [-0.2, 0) is 4.79 Å². The highest BCUT2D eigenvalue weighted by molar-refractivity contribution is 8.00. The average molecular weight is 329 g/mol. The van der Waals surface area contributed by atoms with Gasteiger partial charge >= 0.3 is 0 Å². The molecule has 23 heavy (non-hydrogen) atoms. The molecular weight excluding hydrogens is 306 g/mol. The first-order valence-electron chi connectivity index (χ1n) is 8.15. The SMILES string of the molecule is C[C@@H](Sc1ccccc1)C(=O)N/N=C1/CCCC[C@@H]1CCC#N. The minimum absolute atomic E-state index is 0.0732. The molecule has 2 atom stereocenters. The van der Waals surface area contributed by atoms with Gasteiger partial charge in [-0.2, -0.15) is 10.4 Å². The molecule has 1 aliphatic carbocycles. The summed E-state index contributed by atoms with van der Waals surface area (Å²) in [5.74, 6) is 0.275. The molecule has 1 aliphatic rings. The summed E-state index contributed by atoms with van der Waals surface area (Å²) in [4.78, 5) is 13.3. The van der Waals surface area contributed by atoms with Crippen molar-refractivity contribution in [3.63, 3.8) is 0 Å². The maximum atomic E-state index is 12.2. The van der Waals surface area contributed by atoms with Crippen LogP contribution in [-0.4, -0.2) is 16.9 Å². The van der Waals surface area contributed by atoms with Crippen LogP contribution in [0.15, 0.2) is 40.3 Å². The van der Waals surface area contributed by atoms with Gasteiger partial charge in [0.25, 0.3) is 5.91 Å². The number of nitrogens with zero attached hydrogens (tertiary/aromatic N) is 2. The van der Waals surface area contributed by atoms with E-state index in [1.165, 1.54) is 18.2 Å². The lowest BCUT2D eigenvalue weighted by Gasteiger charge is -2.23. The van der Waals surface area contributed by atoms with Gasteiger partial charge in [-0.3, -0.25) is 4.79 Å². The van der Waals surface area contributed by atoms with Gasteiger partial charge in [0.05, 0.1) is 11.3 Å². The van der Waals surface area contributed by atoms with Crippen LogP contribution in [0.25, 0.3) is 0 Å². The van der Waals surface area contributed by atoms with Crippen LogP contribution in [0.2, 0.25) is 0 Å². The second-order valence-corrected chi connectivity index (χ2v) is 7.21. The standard InChI is InChI=1S/C18H23N3OS/c1-14(23-16-10-3-2-4-11-16)18(22)21-20-17-12-6-5-8-15(17)9-7-13-19/h2-4,10-11,14-15H,5-9,12H2,1H3,(H,21,22)/b20-17-/t14-,15-/m1/s1. The molecule has 0 heterocycles. The van der Waals surface area contributed by atoms with Crippen molar-refractivity contribution in [3.05, 3.63) is 30.3 Å². The van der Waals surface area contributed by atoms with Crippen molar-refractivity contribution in [1.82, 2.24) is 5.43 Å². The van der Waals surface area contributed by atoms with Gasteiger partial charge in [0, 0.05) is 22.9 Å². The molecule has 0 bridgehead atoms. The van der Waals surface area contributed by atoms with Gasteiger partial charge in [-0.15, -0.1) is 11.8 Å². The molecule has 1 fully saturated rings. The second kappa shape index (κ2) is 9.36. The first-order chi connectivity index (χ1) is 11.2. The Kier molecular flexibility index (Phi) is 7.15. The third-order valence-corrected chi connectivity index (χ3v) is 5.16. The summed E-state index contributed by atoms with van der Waals surface area (Å²) >= 11 is 1.53. The van der Waals surface area contributed by atoms with Gasteiger partial charge in [-0.25, -0.2) is 5.43 Å². The molecular formula is C18H23N3OS. The van der Waals surface area contributed by atoms with Crippen LogP contribution in [0, 0.1) is 17.2 Å². The Morgan fingerprint density at radius 2 is 2.22 bits per heavy atom. The summed E-state index contributed by atoms with van der Waals surface area (Å²) in [5, 5.41) is 12.9. The van der Waals surface area contributed by atoms with Crippen molar-refractivity contribution in [1.29, 1.82) is 5.26 Å². The zero-order valence-corrected chi connectivity index (χ0v) is 14.3. The Hall–Kier alpha value is -1.80. The Bertz CT molecular complexity index is 580. The first kappa shape index (κ1) is 17.6. The lowest BCUT2D eigenvalue weighted by atomic mass is 9.84. The molecule has 0 unspecified atom stereocenters. The Labute approximate surface area is 142 Å². The van der Waals surface area contributed by atoms with Crippen molar-refractivity contribution < 1.29 is 4.79 Å². The fourth-order valence-corrected chi connectivity index (χ4v) is 3.62. The predicted molar refractivity (Wildman–Crippen MR) is 94.1 cm³/mol. The average Bonchev–Trinajstić information content (AvgIpc) is 2.59. The Morgan fingerprint density at radius 3 is 2.96 bits per heavy atom. The number of nitriles is 1. The molecule has 5 heteroatoms. The highest BCUT2D eigenvalue weighted by atomic mass is 32.2. The maximum absolute atomic E-state index is 12.2. The minimum atomic E-state index is -0.192. The summed E-state index contributed by atoms with van der Waals surface area (Å²) in [7, 11) is 0. The van der Waals surface area contributed by atoms with Crippen LogP contribution >= 0.6 is 11.8 Å². The number of carbonyl (C=O) groups excluding carboxylic acids is 1. The summed E-state index contributed by atoms with van der Waals surface area (Å²) in [6, 6.07) is 12.1. The molecule has 2 rings (SSSR count). The van der Waals surface area contributed by atoms with Gasteiger partial charge in [-0.1, -0.05) is 24.6 Å². The lowest BCUT2D eigenvalue weighted by Crippen LogP contribution is -2.30. The lowest BCUT2D eigenvalue weighted by molar-refractivity contribution is -0.120. The van der Waals surface area contributed by atoms with E-state index in [1.54, 1.807) is 0 Å². The number of nitrogens with one attached hydrogen (secondary N) is 1. The number of carbonyl (C=O) groups is 1. The Balaban J connectivity index is 1.89.